The highest BCUT2D eigenvalue weighted by Crippen LogP contribution is 2.21. The number of hydrogen-bond acceptors (Lipinski definition) is 3. The van der Waals surface area contributed by atoms with E-state index in [0.29, 0.717) is 5.82 Å². The fourth-order valence-corrected chi connectivity index (χ4v) is 1.76. The van der Waals surface area contributed by atoms with Gasteiger partial charge in [0.1, 0.15) is 5.82 Å². The number of anilines is 1. The van der Waals surface area contributed by atoms with Crippen molar-refractivity contribution in [2.24, 2.45) is 7.05 Å². The quantitative estimate of drug-likeness (QED) is 0.589. The highest BCUT2D eigenvalue weighted by Gasteiger charge is 2.19. The van der Waals surface area contributed by atoms with E-state index in [0.717, 1.165) is 19.5 Å². The van der Waals surface area contributed by atoms with Gasteiger partial charge in [-0.2, -0.15) is 5.10 Å². The molecule has 12 heavy (non-hydrogen) atoms. The zero-order valence-corrected chi connectivity index (χ0v) is 7.54. The van der Waals surface area contributed by atoms with Crippen LogP contribution in [0.2, 0.25) is 0 Å². The van der Waals surface area contributed by atoms with Gasteiger partial charge in [0.2, 0.25) is 0 Å². The SMILES string of the molecule is CN1CCc2c(c(N)nn2C)C1. The highest BCUT2D eigenvalue weighted by atomic mass is 15.3. The number of hydrogen-bond donors (Lipinski definition) is 1. The van der Waals surface area contributed by atoms with Crippen LogP contribution in [0.1, 0.15) is 11.3 Å². The van der Waals surface area contributed by atoms with Gasteiger partial charge in [0, 0.05) is 37.8 Å². The first-order valence-electron chi connectivity index (χ1n) is 4.17. The van der Waals surface area contributed by atoms with Gasteiger partial charge in [0.15, 0.2) is 0 Å². The molecule has 0 fully saturated rings. The van der Waals surface area contributed by atoms with Crippen LogP contribution < -0.4 is 5.73 Å². The average Bonchev–Trinajstić information content (AvgIpc) is 2.28. The van der Waals surface area contributed by atoms with E-state index in [1.165, 1.54) is 11.3 Å². The second-order valence-electron chi connectivity index (χ2n) is 3.42. The molecule has 0 aliphatic carbocycles. The molecular weight excluding hydrogens is 152 g/mol. The molecule has 1 aromatic rings. The van der Waals surface area contributed by atoms with Crippen molar-refractivity contribution in [3.8, 4) is 0 Å². The molecule has 0 atom stereocenters. The number of likely N-dealkylation sites (N-methyl/N-ethyl adjacent to an activating group) is 1. The van der Waals surface area contributed by atoms with Crippen LogP contribution in [0, 0.1) is 0 Å². The molecular formula is C8H14N4. The summed E-state index contributed by atoms with van der Waals surface area (Å²) in [5.74, 6) is 0.694. The van der Waals surface area contributed by atoms with Crippen LogP contribution in [0.25, 0.3) is 0 Å². The first kappa shape index (κ1) is 7.61. The van der Waals surface area contributed by atoms with Gasteiger partial charge in [-0.3, -0.25) is 4.68 Å². The van der Waals surface area contributed by atoms with Gasteiger partial charge in [-0.1, -0.05) is 0 Å². The molecule has 0 radical (unpaired) electrons. The zero-order chi connectivity index (χ0) is 8.72. The van der Waals surface area contributed by atoms with Crippen molar-refractivity contribution in [1.82, 2.24) is 14.7 Å². The fraction of sp³-hybridized carbons (Fsp3) is 0.625. The molecule has 2 heterocycles. The lowest BCUT2D eigenvalue weighted by Crippen LogP contribution is -2.27. The van der Waals surface area contributed by atoms with Gasteiger partial charge in [-0.25, -0.2) is 0 Å². The Bertz CT molecular complexity index is 302. The molecule has 1 aliphatic rings. The summed E-state index contributed by atoms with van der Waals surface area (Å²) in [6.45, 7) is 2.04. The lowest BCUT2D eigenvalue weighted by atomic mass is 10.1. The highest BCUT2D eigenvalue weighted by molar-refractivity contribution is 5.43. The van der Waals surface area contributed by atoms with Crippen molar-refractivity contribution in [3.05, 3.63) is 11.3 Å². The van der Waals surface area contributed by atoms with Crippen LogP contribution in [0.3, 0.4) is 0 Å². The van der Waals surface area contributed by atoms with E-state index in [-0.39, 0.29) is 0 Å². The van der Waals surface area contributed by atoms with Gasteiger partial charge >= 0.3 is 0 Å². The van der Waals surface area contributed by atoms with Crippen molar-refractivity contribution < 1.29 is 0 Å². The third-order valence-electron chi connectivity index (χ3n) is 2.46. The maximum atomic E-state index is 5.77. The Hall–Kier alpha value is -1.03. The predicted octanol–water partition coefficient (Wildman–Crippen LogP) is -0.00980. The van der Waals surface area contributed by atoms with Crippen LogP contribution in [0.4, 0.5) is 5.82 Å². The van der Waals surface area contributed by atoms with Gasteiger partial charge in [0.25, 0.3) is 0 Å². The van der Waals surface area contributed by atoms with Crippen molar-refractivity contribution in [2.75, 3.05) is 19.3 Å². The molecule has 4 heteroatoms. The molecule has 0 spiro atoms. The molecule has 1 aliphatic heterocycles. The monoisotopic (exact) mass is 166 g/mol. The molecule has 0 unspecified atom stereocenters. The minimum atomic E-state index is 0.694. The van der Waals surface area contributed by atoms with Gasteiger partial charge < -0.3 is 10.6 Å². The summed E-state index contributed by atoms with van der Waals surface area (Å²) in [6, 6.07) is 0. The molecule has 2 N–H and O–H groups in total. The number of aryl methyl sites for hydroxylation is 1. The zero-order valence-electron chi connectivity index (χ0n) is 7.54. The van der Waals surface area contributed by atoms with E-state index >= 15 is 0 Å². The van der Waals surface area contributed by atoms with E-state index in [1.54, 1.807) is 0 Å². The number of nitrogen functional groups attached to an aromatic ring is 1. The summed E-state index contributed by atoms with van der Waals surface area (Å²) in [5, 5.41) is 4.19. The third-order valence-corrected chi connectivity index (χ3v) is 2.46. The van der Waals surface area contributed by atoms with E-state index in [1.807, 2.05) is 11.7 Å². The Morgan fingerprint density at radius 3 is 2.92 bits per heavy atom. The molecule has 0 bridgehead atoms. The molecule has 0 amide bonds. The standard InChI is InChI=1S/C8H14N4/c1-11-4-3-7-6(5-11)8(9)10-12(7)2/h3-5H2,1-2H3,(H2,9,10). The minimum Gasteiger partial charge on any atom is -0.382 e. The maximum absolute atomic E-state index is 5.77. The maximum Gasteiger partial charge on any atom is 0.150 e. The Kier molecular flexibility index (Phi) is 1.58. The molecule has 66 valence electrons. The van der Waals surface area contributed by atoms with Crippen molar-refractivity contribution in [2.45, 2.75) is 13.0 Å². The smallest absolute Gasteiger partial charge is 0.150 e. The summed E-state index contributed by atoms with van der Waals surface area (Å²) in [6.07, 6.45) is 1.06. The van der Waals surface area contributed by atoms with Gasteiger partial charge in [0.05, 0.1) is 0 Å². The fourth-order valence-electron chi connectivity index (χ4n) is 1.76. The lowest BCUT2D eigenvalue weighted by Gasteiger charge is -2.22. The summed E-state index contributed by atoms with van der Waals surface area (Å²) >= 11 is 0. The molecule has 0 saturated carbocycles. The minimum absolute atomic E-state index is 0.694. The van der Waals surface area contributed by atoms with Crippen LogP contribution in [0.15, 0.2) is 0 Å². The molecule has 2 rings (SSSR count). The number of aromatic nitrogens is 2. The predicted molar refractivity (Wildman–Crippen MR) is 47.7 cm³/mol. The van der Waals surface area contributed by atoms with Crippen molar-refractivity contribution in [3.63, 3.8) is 0 Å². The van der Waals surface area contributed by atoms with Gasteiger partial charge in [-0.05, 0) is 7.05 Å². The van der Waals surface area contributed by atoms with Crippen LogP contribution >= 0.6 is 0 Å². The van der Waals surface area contributed by atoms with Gasteiger partial charge in [-0.15, -0.1) is 0 Å². The van der Waals surface area contributed by atoms with Crippen LogP contribution in [-0.2, 0) is 20.0 Å². The second kappa shape index (κ2) is 2.48. The van der Waals surface area contributed by atoms with E-state index < -0.39 is 0 Å². The average molecular weight is 166 g/mol. The number of nitrogens with zero attached hydrogens (tertiary/aromatic N) is 3. The molecule has 4 nitrogen and oxygen atoms in total. The summed E-state index contributed by atoms with van der Waals surface area (Å²) in [7, 11) is 4.07. The van der Waals surface area contributed by atoms with E-state index in [9.17, 15) is 0 Å². The Balaban J connectivity index is 2.45. The van der Waals surface area contributed by atoms with Crippen molar-refractivity contribution in [1.29, 1.82) is 0 Å². The Morgan fingerprint density at radius 2 is 2.17 bits per heavy atom. The first-order valence-corrected chi connectivity index (χ1v) is 4.17. The molecule has 0 saturated heterocycles. The largest absolute Gasteiger partial charge is 0.382 e. The van der Waals surface area contributed by atoms with Crippen LogP contribution in [0.5, 0.6) is 0 Å². The summed E-state index contributed by atoms with van der Waals surface area (Å²) < 4.78 is 1.90. The lowest BCUT2D eigenvalue weighted by molar-refractivity contribution is 0.309. The Labute approximate surface area is 72.0 Å². The normalized spacial score (nSPS) is 17.8. The second-order valence-corrected chi connectivity index (χ2v) is 3.42. The third kappa shape index (κ3) is 0.992. The summed E-state index contributed by atoms with van der Waals surface area (Å²) in [5.41, 5.74) is 8.28. The number of fused-ring (bicyclic) bond motifs is 1. The van der Waals surface area contributed by atoms with Crippen LogP contribution in [-0.4, -0.2) is 28.3 Å². The Morgan fingerprint density at radius 1 is 1.42 bits per heavy atom. The number of nitrogens with two attached hydrogens (primary N) is 1. The molecule has 0 aromatic carbocycles. The molecule has 1 aromatic heterocycles. The number of rotatable bonds is 0. The van der Waals surface area contributed by atoms with E-state index in [4.69, 9.17) is 5.73 Å². The first-order chi connectivity index (χ1) is 5.68. The van der Waals surface area contributed by atoms with Crippen molar-refractivity contribution >= 4 is 5.82 Å². The van der Waals surface area contributed by atoms with E-state index in [2.05, 4.69) is 17.0 Å². The summed E-state index contributed by atoms with van der Waals surface area (Å²) in [4.78, 5) is 2.26. The topological polar surface area (TPSA) is 47.1 Å².